The Morgan fingerprint density at radius 3 is 2.50 bits per heavy atom. The lowest BCUT2D eigenvalue weighted by atomic mass is 9.91. The zero-order chi connectivity index (χ0) is 13.1. The topological polar surface area (TPSA) is 50.2 Å². The molecule has 0 saturated heterocycles. The van der Waals surface area contributed by atoms with Gasteiger partial charge < -0.3 is 5.11 Å². The maximum Gasteiger partial charge on any atom is 0.336 e. The number of rotatable bonds is 3. The van der Waals surface area contributed by atoms with Gasteiger partial charge in [-0.3, -0.25) is 4.98 Å². The summed E-state index contributed by atoms with van der Waals surface area (Å²) in [6.07, 6.45) is 1.68. The number of carboxylic acid groups (broad SMARTS) is 1. The molecule has 1 aromatic carbocycles. The van der Waals surface area contributed by atoms with E-state index in [2.05, 4.69) is 4.98 Å². The van der Waals surface area contributed by atoms with E-state index in [1.165, 1.54) is 0 Å². The Hall–Kier alpha value is -2.16. The Labute approximate surface area is 106 Å². The zero-order valence-corrected chi connectivity index (χ0v) is 10.4. The van der Waals surface area contributed by atoms with E-state index in [1.54, 1.807) is 18.3 Å². The van der Waals surface area contributed by atoms with Crippen LogP contribution in [-0.4, -0.2) is 16.1 Å². The lowest BCUT2D eigenvalue weighted by molar-refractivity contribution is 0.0697. The number of pyridine rings is 1. The summed E-state index contributed by atoms with van der Waals surface area (Å²) in [6, 6.07) is 10.9. The van der Waals surface area contributed by atoms with E-state index < -0.39 is 5.97 Å². The van der Waals surface area contributed by atoms with E-state index in [9.17, 15) is 9.90 Å². The Morgan fingerprint density at radius 2 is 1.94 bits per heavy atom. The van der Waals surface area contributed by atoms with Crippen LogP contribution in [0.2, 0.25) is 0 Å². The van der Waals surface area contributed by atoms with Crippen molar-refractivity contribution < 1.29 is 9.90 Å². The van der Waals surface area contributed by atoms with Crippen LogP contribution in [-0.2, 0) is 0 Å². The van der Waals surface area contributed by atoms with Gasteiger partial charge in [0.15, 0.2) is 0 Å². The average molecular weight is 241 g/mol. The highest BCUT2D eigenvalue weighted by Crippen LogP contribution is 2.31. The Kier molecular flexibility index (Phi) is 3.42. The summed E-state index contributed by atoms with van der Waals surface area (Å²) in [7, 11) is 0. The molecule has 1 N–H and O–H groups in total. The Balaban J connectivity index is 2.73. The second-order valence-corrected chi connectivity index (χ2v) is 4.44. The predicted molar refractivity (Wildman–Crippen MR) is 70.7 cm³/mol. The van der Waals surface area contributed by atoms with E-state index in [0.29, 0.717) is 11.3 Å². The molecule has 3 heteroatoms. The normalized spacial score (nSPS) is 10.6. The van der Waals surface area contributed by atoms with E-state index in [0.717, 1.165) is 11.1 Å². The fourth-order valence-electron chi connectivity index (χ4n) is 2.03. The minimum absolute atomic E-state index is 0.251. The van der Waals surface area contributed by atoms with Crippen LogP contribution in [0.4, 0.5) is 0 Å². The summed E-state index contributed by atoms with van der Waals surface area (Å²) in [6.45, 7) is 4.10. The molecule has 0 bridgehead atoms. The van der Waals surface area contributed by atoms with Gasteiger partial charge in [-0.25, -0.2) is 4.79 Å². The van der Waals surface area contributed by atoms with Crippen molar-refractivity contribution in [1.82, 2.24) is 4.98 Å². The molecule has 3 nitrogen and oxygen atoms in total. The highest BCUT2D eigenvalue weighted by Gasteiger charge is 2.17. The summed E-state index contributed by atoms with van der Waals surface area (Å²) in [5.41, 5.74) is 2.74. The van der Waals surface area contributed by atoms with Gasteiger partial charge in [-0.05, 0) is 29.7 Å². The molecule has 1 heterocycles. The molecule has 0 aliphatic carbocycles. The van der Waals surface area contributed by atoms with Crippen molar-refractivity contribution >= 4 is 5.97 Å². The summed E-state index contributed by atoms with van der Waals surface area (Å²) in [5, 5.41) is 9.31. The highest BCUT2D eigenvalue weighted by molar-refractivity contribution is 5.96. The van der Waals surface area contributed by atoms with Gasteiger partial charge in [0.25, 0.3) is 0 Å². The van der Waals surface area contributed by atoms with Crippen LogP contribution < -0.4 is 0 Å². The quantitative estimate of drug-likeness (QED) is 0.893. The van der Waals surface area contributed by atoms with Crippen LogP contribution >= 0.6 is 0 Å². The van der Waals surface area contributed by atoms with Crippen LogP contribution in [0.15, 0.2) is 42.6 Å². The van der Waals surface area contributed by atoms with Gasteiger partial charge in [-0.15, -0.1) is 0 Å². The summed E-state index contributed by atoms with van der Waals surface area (Å²) >= 11 is 0. The molecule has 0 unspecified atom stereocenters. The number of carboxylic acids is 1. The van der Waals surface area contributed by atoms with Gasteiger partial charge in [0.1, 0.15) is 0 Å². The average Bonchev–Trinajstić information content (AvgIpc) is 2.38. The van der Waals surface area contributed by atoms with Gasteiger partial charge >= 0.3 is 5.97 Å². The van der Waals surface area contributed by atoms with Gasteiger partial charge in [-0.1, -0.05) is 32.0 Å². The molecule has 2 rings (SSSR count). The molecular weight excluding hydrogens is 226 g/mol. The summed E-state index contributed by atoms with van der Waals surface area (Å²) in [5.74, 6) is -0.667. The standard InChI is InChI=1S/C15H15NO2/c1-10(2)11-6-5-7-12(15(17)18)14(11)13-8-3-4-9-16-13/h3-10H,1-2H3,(H,17,18). The number of hydrogen-bond donors (Lipinski definition) is 1. The molecule has 0 aliphatic rings. The van der Waals surface area contributed by atoms with E-state index in [-0.39, 0.29) is 5.92 Å². The Morgan fingerprint density at radius 1 is 1.17 bits per heavy atom. The first-order valence-corrected chi connectivity index (χ1v) is 5.89. The molecule has 0 saturated carbocycles. The fourth-order valence-corrected chi connectivity index (χ4v) is 2.03. The lowest BCUT2D eigenvalue weighted by Gasteiger charge is -2.14. The number of aromatic nitrogens is 1. The molecule has 0 amide bonds. The summed E-state index contributed by atoms with van der Waals surface area (Å²) < 4.78 is 0. The first-order chi connectivity index (χ1) is 8.61. The summed E-state index contributed by atoms with van der Waals surface area (Å²) in [4.78, 5) is 15.6. The van der Waals surface area contributed by atoms with Crippen LogP contribution in [0.1, 0.15) is 35.7 Å². The molecule has 0 radical (unpaired) electrons. The number of carbonyl (C=O) groups is 1. The van der Waals surface area contributed by atoms with Gasteiger partial charge in [0, 0.05) is 11.8 Å². The smallest absolute Gasteiger partial charge is 0.336 e. The molecule has 18 heavy (non-hydrogen) atoms. The minimum atomic E-state index is -0.918. The third-order valence-electron chi connectivity index (χ3n) is 2.87. The molecule has 0 atom stereocenters. The second-order valence-electron chi connectivity index (χ2n) is 4.44. The van der Waals surface area contributed by atoms with E-state index in [1.807, 2.05) is 38.1 Å². The maximum absolute atomic E-state index is 11.3. The molecule has 1 aromatic heterocycles. The monoisotopic (exact) mass is 241 g/mol. The third kappa shape index (κ3) is 2.25. The van der Waals surface area contributed by atoms with Crippen molar-refractivity contribution in [3.63, 3.8) is 0 Å². The zero-order valence-electron chi connectivity index (χ0n) is 10.4. The number of nitrogens with zero attached hydrogens (tertiary/aromatic N) is 1. The minimum Gasteiger partial charge on any atom is -0.478 e. The second kappa shape index (κ2) is 5.00. The van der Waals surface area contributed by atoms with Gasteiger partial charge in [-0.2, -0.15) is 0 Å². The highest BCUT2D eigenvalue weighted by atomic mass is 16.4. The largest absolute Gasteiger partial charge is 0.478 e. The number of aromatic carboxylic acids is 1. The third-order valence-corrected chi connectivity index (χ3v) is 2.87. The first-order valence-electron chi connectivity index (χ1n) is 5.89. The van der Waals surface area contributed by atoms with Crippen molar-refractivity contribution in [1.29, 1.82) is 0 Å². The molecule has 0 aliphatic heterocycles. The maximum atomic E-state index is 11.3. The van der Waals surface area contributed by atoms with Crippen molar-refractivity contribution in [2.75, 3.05) is 0 Å². The van der Waals surface area contributed by atoms with Crippen molar-refractivity contribution in [3.8, 4) is 11.3 Å². The van der Waals surface area contributed by atoms with Crippen LogP contribution in [0.5, 0.6) is 0 Å². The Bertz CT molecular complexity index is 562. The van der Waals surface area contributed by atoms with Gasteiger partial charge in [0.2, 0.25) is 0 Å². The van der Waals surface area contributed by atoms with Crippen molar-refractivity contribution in [2.45, 2.75) is 19.8 Å². The lowest BCUT2D eigenvalue weighted by Crippen LogP contribution is -2.04. The molecule has 0 fully saturated rings. The van der Waals surface area contributed by atoms with E-state index >= 15 is 0 Å². The van der Waals surface area contributed by atoms with E-state index in [4.69, 9.17) is 0 Å². The SMILES string of the molecule is CC(C)c1cccc(C(=O)O)c1-c1ccccn1. The molecular formula is C15H15NO2. The fraction of sp³-hybridized carbons (Fsp3) is 0.200. The first kappa shape index (κ1) is 12.3. The van der Waals surface area contributed by atoms with Crippen LogP contribution in [0, 0.1) is 0 Å². The van der Waals surface area contributed by atoms with Crippen LogP contribution in [0.25, 0.3) is 11.3 Å². The molecule has 2 aromatic rings. The van der Waals surface area contributed by atoms with Gasteiger partial charge in [0.05, 0.1) is 11.3 Å². The number of benzene rings is 1. The van der Waals surface area contributed by atoms with Crippen molar-refractivity contribution in [2.24, 2.45) is 0 Å². The number of hydrogen-bond acceptors (Lipinski definition) is 2. The van der Waals surface area contributed by atoms with Crippen LogP contribution in [0.3, 0.4) is 0 Å². The van der Waals surface area contributed by atoms with Crippen molar-refractivity contribution in [3.05, 3.63) is 53.7 Å². The predicted octanol–water partition coefficient (Wildman–Crippen LogP) is 3.57. The molecule has 0 spiro atoms. The molecule has 92 valence electrons.